The van der Waals surface area contributed by atoms with Gasteiger partial charge < -0.3 is 20.3 Å². The monoisotopic (exact) mass is 499 g/mol. The van der Waals surface area contributed by atoms with Crippen molar-refractivity contribution in [3.8, 4) is 18.2 Å². The van der Waals surface area contributed by atoms with Crippen LogP contribution in [0.3, 0.4) is 0 Å². The Morgan fingerprint density at radius 3 is 2.49 bits per heavy atom. The highest BCUT2D eigenvalue weighted by Crippen LogP contribution is 2.33. The van der Waals surface area contributed by atoms with Gasteiger partial charge >= 0.3 is 0 Å². The molecule has 0 bridgehead atoms. The second-order valence-corrected chi connectivity index (χ2v) is 9.40. The summed E-state index contributed by atoms with van der Waals surface area (Å²) < 4.78 is 22.4. The number of ether oxygens (including phenoxy) is 1. The number of benzene rings is 1. The van der Waals surface area contributed by atoms with E-state index in [9.17, 15) is 15.8 Å². The van der Waals surface area contributed by atoms with Gasteiger partial charge in [-0.15, -0.1) is 5.10 Å². The van der Waals surface area contributed by atoms with Gasteiger partial charge in [0.15, 0.2) is 28.5 Å². The molecule has 0 spiro atoms. The number of imidazole rings is 1. The number of fused-ring (bicyclic) bond motifs is 1. The lowest BCUT2D eigenvalue weighted by molar-refractivity contribution is -0.109. The maximum atomic E-state index is 15.8. The molecule has 37 heavy (non-hydrogen) atoms. The summed E-state index contributed by atoms with van der Waals surface area (Å²) in [7, 11) is 0. The summed E-state index contributed by atoms with van der Waals surface area (Å²) in [5.41, 5.74) is 0.633. The van der Waals surface area contributed by atoms with Crippen LogP contribution < -0.4 is 15.5 Å². The Balaban J connectivity index is 1.30. The van der Waals surface area contributed by atoms with Crippen molar-refractivity contribution in [1.82, 2.24) is 24.5 Å². The van der Waals surface area contributed by atoms with E-state index in [1.165, 1.54) is 22.8 Å². The molecule has 3 fully saturated rings. The molecule has 2 N–H and O–H groups in total. The van der Waals surface area contributed by atoms with E-state index in [1.54, 1.807) is 0 Å². The van der Waals surface area contributed by atoms with Crippen molar-refractivity contribution in [2.75, 3.05) is 54.9 Å². The number of hydrogen-bond donors (Lipinski definition) is 2. The molecule has 13 heteroatoms. The standard InChI is InChI=1S/C24H22FN11O/c25-20-18(31-23-32-21(30-16-1-2-16)22-29-11-17(10-27)36(22)33-23)7-15(9-26)8-19(20)34-3-5-35(6-4-34)24(12-28)13-37-14-24/h7-8,11,16H,1-6,13-14H2,(H2,30,31,32,33). The van der Waals surface area contributed by atoms with Crippen LogP contribution in [0.25, 0.3) is 5.65 Å². The number of rotatable bonds is 6. The van der Waals surface area contributed by atoms with Gasteiger partial charge in [0.25, 0.3) is 0 Å². The lowest BCUT2D eigenvalue weighted by Gasteiger charge is -2.48. The Hall–Kier alpha value is -4.51. The van der Waals surface area contributed by atoms with E-state index in [0.29, 0.717) is 50.9 Å². The highest BCUT2D eigenvalue weighted by Gasteiger charge is 2.45. The summed E-state index contributed by atoms with van der Waals surface area (Å²) in [4.78, 5) is 12.7. The molecule has 0 atom stereocenters. The number of halogens is 1. The van der Waals surface area contributed by atoms with Gasteiger partial charge in [0, 0.05) is 32.2 Å². The van der Waals surface area contributed by atoms with Crippen molar-refractivity contribution in [3.63, 3.8) is 0 Å². The molecular weight excluding hydrogens is 477 g/mol. The summed E-state index contributed by atoms with van der Waals surface area (Å²) in [5.74, 6) is -0.0297. The molecule has 186 valence electrons. The van der Waals surface area contributed by atoms with Crippen LogP contribution in [0.2, 0.25) is 0 Å². The van der Waals surface area contributed by atoms with Gasteiger partial charge in [-0.3, -0.25) is 4.90 Å². The summed E-state index contributed by atoms with van der Waals surface area (Å²) in [6.45, 7) is 2.89. The first-order valence-corrected chi connectivity index (χ1v) is 12.0. The predicted octanol–water partition coefficient (Wildman–Crippen LogP) is 1.74. The molecule has 2 aliphatic heterocycles. The highest BCUT2D eigenvalue weighted by atomic mass is 19.1. The van der Waals surface area contributed by atoms with Gasteiger partial charge in [0.1, 0.15) is 6.07 Å². The highest BCUT2D eigenvalue weighted by molar-refractivity contribution is 5.70. The number of piperazine rings is 1. The van der Waals surface area contributed by atoms with Crippen molar-refractivity contribution < 1.29 is 9.13 Å². The molecule has 0 radical (unpaired) electrons. The second kappa shape index (κ2) is 8.86. The van der Waals surface area contributed by atoms with Crippen LogP contribution in [0.5, 0.6) is 0 Å². The quantitative estimate of drug-likeness (QED) is 0.509. The second-order valence-electron chi connectivity index (χ2n) is 9.40. The van der Waals surface area contributed by atoms with Crippen molar-refractivity contribution in [2.45, 2.75) is 24.4 Å². The van der Waals surface area contributed by atoms with Gasteiger partial charge in [-0.2, -0.15) is 25.3 Å². The SMILES string of the molecule is N#Cc1cc(Nc2nc(NC3CC3)c3ncc(C#N)n3n2)c(F)c(N2CCN(C3(C#N)COC3)CC2)c1. The van der Waals surface area contributed by atoms with Crippen molar-refractivity contribution >= 4 is 28.8 Å². The average molecular weight is 500 g/mol. The molecule has 3 aromatic rings. The summed E-state index contributed by atoms with van der Waals surface area (Å²) >= 11 is 0. The average Bonchev–Trinajstić information content (AvgIpc) is 3.61. The summed E-state index contributed by atoms with van der Waals surface area (Å²) in [6.07, 6.45) is 3.41. The van der Waals surface area contributed by atoms with Gasteiger partial charge in [0.05, 0.1) is 48.5 Å². The molecule has 0 amide bonds. The van der Waals surface area contributed by atoms with E-state index in [4.69, 9.17) is 4.74 Å². The molecule has 1 aromatic carbocycles. The van der Waals surface area contributed by atoms with Crippen LogP contribution in [-0.2, 0) is 4.74 Å². The fourth-order valence-corrected chi connectivity index (χ4v) is 4.63. The molecule has 1 aliphatic carbocycles. The minimum absolute atomic E-state index is 0.0488. The Morgan fingerprint density at radius 2 is 1.86 bits per heavy atom. The lowest BCUT2D eigenvalue weighted by atomic mass is 9.96. The molecule has 12 nitrogen and oxygen atoms in total. The maximum Gasteiger partial charge on any atom is 0.247 e. The van der Waals surface area contributed by atoms with E-state index in [2.05, 4.69) is 42.7 Å². The largest absolute Gasteiger partial charge is 0.375 e. The number of nitrogens with one attached hydrogen (secondary N) is 2. The van der Waals surface area contributed by atoms with Gasteiger partial charge in [-0.1, -0.05) is 0 Å². The molecular formula is C24H22FN11O. The Bertz CT molecular complexity index is 1500. The normalized spacial score (nSPS) is 18.9. The first kappa shape index (κ1) is 22.9. The van der Waals surface area contributed by atoms with Crippen LogP contribution in [-0.4, -0.2) is 75.5 Å². The summed E-state index contributed by atoms with van der Waals surface area (Å²) in [6, 6.07) is 9.69. The molecule has 0 unspecified atom stereocenters. The zero-order valence-corrected chi connectivity index (χ0v) is 19.8. The van der Waals surface area contributed by atoms with Gasteiger partial charge in [-0.25, -0.2) is 9.37 Å². The maximum absolute atomic E-state index is 15.8. The first-order chi connectivity index (χ1) is 18.0. The van der Waals surface area contributed by atoms with Gasteiger partial charge in [0.2, 0.25) is 5.95 Å². The van der Waals surface area contributed by atoms with Crippen molar-refractivity contribution in [3.05, 3.63) is 35.4 Å². The van der Waals surface area contributed by atoms with Crippen LogP contribution in [0.15, 0.2) is 18.3 Å². The molecule has 3 aliphatic rings. The molecule has 1 saturated carbocycles. The fourth-order valence-electron chi connectivity index (χ4n) is 4.63. The molecule has 2 aromatic heterocycles. The smallest absolute Gasteiger partial charge is 0.247 e. The number of nitriles is 3. The lowest BCUT2D eigenvalue weighted by Crippen LogP contribution is -2.65. The third kappa shape index (κ3) is 4.02. The number of nitrogens with zero attached hydrogens (tertiary/aromatic N) is 9. The van der Waals surface area contributed by atoms with E-state index < -0.39 is 11.4 Å². The first-order valence-electron chi connectivity index (χ1n) is 12.0. The third-order valence-electron chi connectivity index (χ3n) is 6.94. The van der Waals surface area contributed by atoms with Crippen LogP contribution in [0, 0.1) is 39.8 Å². The Kier molecular flexibility index (Phi) is 5.49. The zero-order valence-electron chi connectivity index (χ0n) is 19.8. The molecule has 4 heterocycles. The topological polar surface area (TPSA) is 154 Å². The third-order valence-corrected chi connectivity index (χ3v) is 6.94. The van der Waals surface area contributed by atoms with E-state index in [1.807, 2.05) is 11.0 Å². The fraction of sp³-hybridized carbons (Fsp3) is 0.417. The van der Waals surface area contributed by atoms with Crippen LogP contribution >= 0.6 is 0 Å². The van der Waals surface area contributed by atoms with E-state index in [0.717, 1.165) is 12.8 Å². The van der Waals surface area contributed by atoms with Crippen molar-refractivity contribution in [1.29, 1.82) is 15.8 Å². The van der Waals surface area contributed by atoms with E-state index >= 15 is 4.39 Å². The number of aromatic nitrogens is 4. The number of anilines is 4. The van der Waals surface area contributed by atoms with Crippen molar-refractivity contribution in [2.24, 2.45) is 0 Å². The van der Waals surface area contributed by atoms with E-state index in [-0.39, 0.29) is 34.6 Å². The predicted molar refractivity (Wildman–Crippen MR) is 129 cm³/mol. The van der Waals surface area contributed by atoms with Gasteiger partial charge in [-0.05, 0) is 25.0 Å². The Labute approximate surface area is 211 Å². The van der Waals surface area contributed by atoms with Crippen LogP contribution in [0.1, 0.15) is 24.1 Å². The number of hydrogen-bond acceptors (Lipinski definition) is 11. The molecule has 6 rings (SSSR count). The molecule has 2 saturated heterocycles. The minimum atomic E-state index is -0.607. The van der Waals surface area contributed by atoms with Crippen LogP contribution in [0.4, 0.5) is 27.5 Å². The Morgan fingerprint density at radius 1 is 1.08 bits per heavy atom. The summed E-state index contributed by atoms with van der Waals surface area (Å²) in [5, 5.41) is 39.2. The minimum Gasteiger partial charge on any atom is -0.375 e. The zero-order chi connectivity index (χ0) is 25.6.